The van der Waals surface area contributed by atoms with Crippen molar-refractivity contribution in [3.05, 3.63) is 35.4 Å². The summed E-state index contributed by atoms with van der Waals surface area (Å²) in [7, 11) is 0. The van der Waals surface area contributed by atoms with Crippen LogP contribution in [0.25, 0.3) is 0 Å². The average Bonchev–Trinajstić information content (AvgIpc) is 3.00. The van der Waals surface area contributed by atoms with Crippen LogP contribution in [0.2, 0.25) is 0 Å². The van der Waals surface area contributed by atoms with E-state index >= 15 is 0 Å². The fraction of sp³-hybridized carbons (Fsp3) is 0.667. The van der Waals surface area contributed by atoms with Gasteiger partial charge in [-0.2, -0.15) is 0 Å². The third kappa shape index (κ3) is 13.8. The highest BCUT2D eigenvalue weighted by Gasteiger charge is 2.21. The Morgan fingerprint density at radius 3 is 1.17 bits per heavy atom. The van der Waals surface area contributed by atoms with Crippen molar-refractivity contribution in [2.75, 3.05) is 26.4 Å². The van der Waals surface area contributed by atoms with Crippen LogP contribution in [0.4, 0.5) is 0 Å². The highest BCUT2D eigenvalue weighted by molar-refractivity contribution is 5.54. The molecule has 2 rings (SSSR count). The molecule has 0 aliphatic heterocycles. The van der Waals surface area contributed by atoms with Crippen LogP contribution in [0.15, 0.2) is 24.3 Å². The van der Waals surface area contributed by atoms with E-state index in [2.05, 4.69) is 27.7 Å². The van der Waals surface area contributed by atoms with Crippen LogP contribution in [-0.2, 0) is 18.9 Å². The number of hydrogen-bond donors (Lipinski definition) is 2. The second kappa shape index (κ2) is 21.8. The zero-order valence-electron chi connectivity index (χ0n) is 30.2. The Labute approximate surface area is 277 Å². The normalized spacial score (nSPS) is 15.0. The number of aromatic hydroxyl groups is 2. The van der Waals surface area contributed by atoms with Crippen LogP contribution in [0.1, 0.15) is 119 Å². The minimum absolute atomic E-state index is 0.0323. The van der Waals surface area contributed by atoms with Gasteiger partial charge in [-0.3, -0.25) is 0 Å². The molecule has 10 nitrogen and oxygen atoms in total. The molecule has 0 aromatic heterocycles. The van der Waals surface area contributed by atoms with Gasteiger partial charge in [-0.05, 0) is 115 Å². The van der Waals surface area contributed by atoms with Crippen molar-refractivity contribution in [3.63, 3.8) is 0 Å². The van der Waals surface area contributed by atoms with Gasteiger partial charge in [-0.25, -0.2) is 0 Å². The van der Waals surface area contributed by atoms with Gasteiger partial charge in [0, 0.05) is 26.4 Å². The van der Waals surface area contributed by atoms with Gasteiger partial charge in [-0.15, -0.1) is 0 Å². The first kappa shape index (κ1) is 41.1. The van der Waals surface area contributed by atoms with Gasteiger partial charge in [0.15, 0.2) is 48.2 Å². The van der Waals surface area contributed by atoms with Crippen molar-refractivity contribution in [2.45, 2.75) is 133 Å². The topological polar surface area (TPSA) is 114 Å². The van der Waals surface area contributed by atoms with Crippen LogP contribution in [0.3, 0.4) is 0 Å². The summed E-state index contributed by atoms with van der Waals surface area (Å²) >= 11 is 0. The Balaban J connectivity index is 0.000000460. The van der Waals surface area contributed by atoms with Crippen molar-refractivity contribution in [3.8, 4) is 34.5 Å². The molecule has 0 amide bonds. The molecule has 0 heterocycles. The Morgan fingerprint density at radius 1 is 0.478 bits per heavy atom. The summed E-state index contributed by atoms with van der Waals surface area (Å²) in [6.07, 6.45) is 0.133. The summed E-state index contributed by atoms with van der Waals surface area (Å²) < 4.78 is 44.5. The second-order valence-corrected chi connectivity index (χ2v) is 10.9. The van der Waals surface area contributed by atoms with Gasteiger partial charge in [0.1, 0.15) is 0 Å². The van der Waals surface area contributed by atoms with E-state index in [-0.39, 0.29) is 17.2 Å². The first-order valence-electron chi connectivity index (χ1n) is 16.7. The summed E-state index contributed by atoms with van der Waals surface area (Å²) in [5, 5.41) is 20.8. The SMILES string of the molecule is CCOC(C)Oc1cc(C(C)CC)cc(O)c1OC(C)OCC.CCOC(C)Oc1cc(C(C)CC)cc(OC(C)OCC)c1O. The molecule has 2 aromatic rings. The van der Waals surface area contributed by atoms with Gasteiger partial charge < -0.3 is 48.1 Å². The first-order chi connectivity index (χ1) is 21.8. The van der Waals surface area contributed by atoms with E-state index in [4.69, 9.17) is 37.9 Å². The molecule has 0 bridgehead atoms. The van der Waals surface area contributed by atoms with E-state index in [1.165, 1.54) is 0 Å². The number of benzene rings is 2. The standard InChI is InChI=1S/2C18H30O5/c1-7-12(4)15-10-16(22-13(5)20-8-2)18(19)17(11-15)23-14(6)21-9-3;1-7-12(4)15-10-16(19)18(23-14(6)21-9-3)17(11-15)22-13(5)20-8-2/h2*10-14,19H,7-9H2,1-6H3. The predicted octanol–water partition coefficient (Wildman–Crippen LogP) is 8.86. The Morgan fingerprint density at radius 2 is 0.804 bits per heavy atom. The van der Waals surface area contributed by atoms with Gasteiger partial charge in [-0.1, -0.05) is 27.7 Å². The quantitative estimate of drug-likeness (QED) is 0.134. The summed E-state index contributed by atoms with van der Waals surface area (Å²) in [5.74, 6) is 2.12. The lowest BCUT2D eigenvalue weighted by molar-refractivity contribution is -0.0774. The number of phenolic OH excluding ortho intramolecular Hbond substituents is 2. The van der Waals surface area contributed by atoms with E-state index in [0.717, 1.165) is 24.0 Å². The fourth-order valence-electron chi connectivity index (χ4n) is 4.41. The molecule has 0 spiro atoms. The van der Waals surface area contributed by atoms with E-state index in [9.17, 15) is 10.2 Å². The highest BCUT2D eigenvalue weighted by Crippen LogP contribution is 2.42. The molecule has 264 valence electrons. The Bertz CT molecular complexity index is 1090. The highest BCUT2D eigenvalue weighted by atomic mass is 16.7. The molecular weight excluding hydrogens is 592 g/mol. The fourth-order valence-corrected chi connectivity index (χ4v) is 4.41. The monoisotopic (exact) mass is 652 g/mol. The average molecular weight is 653 g/mol. The third-order valence-corrected chi connectivity index (χ3v) is 7.25. The molecule has 2 aromatic carbocycles. The lowest BCUT2D eigenvalue weighted by Crippen LogP contribution is -2.19. The van der Waals surface area contributed by atoms with Crippen molar-refractivity contribution in [1.82, 2.24) is 0 Å². The van der Waals surface area contributed by atoms with Crippen molar-refractivity contribution in [1.29, 1.82) is 0 Å². The van der Waals surface area contributed by atoms with Crippen molar-refractivity contribution >= 4 is 0 Å². The van der Waals surface area contributed by atoms with Crippen LogP contribution in [0, 0.1) is 0 Å². The maximum Gasteiger partial charge on any atom is 0.206 e. The number of ether oxygens (including phenoxy) is 8. The molecule has 0 saturated heterocycles. The summed E-state index contributed by atoms with van der Waals surface area (Å²) in [6.45, 7) is 25.4. The molecule has 2 N–H and O–H groups in total. The minimum Gasteiger partial charge on any atom is -0.504 e. The van der Waals surface area contributed by atoms with Crippen LogP contribution >= 0.6 is 0 Å². The van der Waals surface area contributed by atoms with Gasteiger partial charge >= 0.3 is 0 Å². The number of hydrogen-bond acceptors (Lipinski definition) is 10. The van der Waals surface area contributed by atoms with E-state index in [1.54, 1.807) is 26.8 Å². The Hall–Kier alpha value is -2.92. The summed E-state index contributed by atoms with van der Waals surface area (Å²) in [6, 6.07) is 7.31. The smallest absolute Gasteiger partial charge is 0.206 e. The lowest BCUT2D eigenvalue weighted by atomic mass is 9.98. The molecule has 0 radical (unpaired) electrons. The molecule has 0 saturated carbocycles. The molecular formula is C36H60O10. The van der Waals surface area contributed by atoms with Gasteiger partial charge in [0.2, 0.25) is 11.5 Å². The summed E-state index contributed by atoms with van der Waals surface area (Å²) in [5.41, 5.74) is 2.04. The maximum atomic E-state index is 10.4. The minimum atomic E-state index is -0.481. The third-order valence-electron chi connectivity index (χ3n) is 7.25. The van der Waals surface area contributed by atoms with E-state index in [1.807, 2.05) is 52.8 Å². The summed E-state index contributed by atoms with van der Waals surface area (Å²) in [4.78, 5) is 0. The predicted molar refractivity (Wildman–Crippen MR) is 180 cm³/mol. The largest absolute Gasteiger partial charge is 0.504 e. The maximum absolute atomic E-state index is 10.4. The molecule has 6 unspecified atom stereocenters. The molecule has 0 aliphatic rings. The Kier molecular flexibility index (Phi) is 19.5. The molecule has 10 heteroatoms. The zero-order chi connectivity index (χ0) is 34.8. The van der Waals surface area contributed by atoms with Crippen LogP contribution in [0.5, 0.6) is 34.5 Å². The lowest BCUT2D eigenvalue weighted by Gasteiger charge is -2.22. The van der Waals surface area contributed by atoms with Gasteiger partial charge in [0.05, 0.1) is 0 Å². The van der Waals surface area contributed by atoms with Crippen molar-refractivity contribution in [2.24, 2.45) is 0 Å². The second-order valence-electron chi connectivity index (χ2n) is 10.9. The van der Waals surface area contributed by atoms with E-state index < -0.39 is 25.2 Å². The van der Waals surface area contributed by atoms with Crippen molar-refractivity contribution < 1.29 is 48.1 Å². The number of rotatable bonds is 20. The van der Waals surface area contributed by atoms with E-state index in [0.29, 0.717) is 55.5 Å². The number of phenols is 2. The zero-order valence-corrected chi connectivity index (χ0v) is 30.2. The van der Waals surface area contributed by atoms with Crippen LogP contribution < -0.4 is 18.9 Å². The molecule has 0 aliphatic carbocycles. The van der Waals surface area contributed by atoms with Gasteiger partial charge in [0.25, 0.3) is 0 Å². The molecule has 6 atom stereocenters. The first-order valence-corrected chi connectivity index (χ1v) is 16.7. The van der Waals surface area contributed by atoms with Crippen LogP contribution in [-0.4, -0.2) is 61.8 Å². The molecule has 0 fully saturated rings. The molecule has 46 heavy (non-hydrogen) atoms.